The second-order valence-corrected chi connectivity index (χ2v) is 6.44. The summed E-state index contributed by atoms with van der Waals surface area (Å²) in [6.45, 7) is 5.28. The Bertz CT molecular complexity index is 504. The van der Waals surface area contributed by atoms with Gasteiger partial charge in [0.2, 0.25) is 0 Å². The van der Waals surface area contributed by atoms with Gasteiger partial charge in [0.1, 0.15) is 0 Å². The molecule has 19 heavy (non-hydrogen) atoms. The number of thiophene rings is 1. The molecule has 1 aromatic carbocycles. The van der Waals surface area contributed by atoms with Crippen LogP contribution in [-0.2, 0) is 13.0 Å². The van der Waals surface area contributed by atoms with Gasteiger partial charge in [-0.15, -0.1) is 11.3 Å². The molecular weight excluding hydrogens is 274 g/mol. The third-order valence-electron chi connectivity index (χ3n) is 3.35. The molecule has 3 heteroatoms. The van der Waals surface area contributed by atoms with Crippen molar-refractivity contribution in [2.45, 2.75) is 39.3 Å². The normalized spacial score (nSPS) is 12.6. The predicted molar refractivity (Wildman–Crippen MR) is 85.0 cm³/mol. The van der Waals surface area contributed by atoms with E-state index in [1.807, 2.05) is 6.07 Å². The average Bonchev–Trinajstić information content (AvgIpc) is 2.86. The smallest absolute Gasteiger partial charge is 0.0931 e. The van der Waals surface area contributed by atoms with Crippen LogP contribution in [0.25, 0.3) is 0 Å². The van der Waals surface area contributed by atoms with Crippen LogP contribution in [0.3, 0.4) is 0 Å². The Labute approximate surface area is 124 Å². The second kappa shape index (κ2) is 7.09. The van der Waals surface area contributed by atoms with Gasteiger partial charge in [0.05, 0.1) is 4.34 Å². The largest absolute Gasteiger partial charge is 0.305 e. The standard InChI is InChI=1S/C16H20ClNS/c1-3-12-5-7-13(8-6-12)15(4-2)18-11-14-9-10-16(17)19-14/h5-10,15,18H,3-4,11H2,1-2H3. The summed E-state index contributed by atoms with van der Waals surface area (Å²) in [6, 6.07) is 13.4. The molecular formula is C16H20ClNS. The molecule has 0 aliphatic rings. The molecule has 1 atom stereocenters. The van der Waals surface area contributed by atoms with Crippen LogP contribution < -0.4 is 5.32 Å². The minimum atomic E-state index is 0.409. The molecule has 0 fully saturated rings. The molecule has 0 saturated heterocycles. The van der Waals surface area contributed by atoms with E-state index >= 15 is 0 Å². The summed E-state index contributed by atoms with van der Waals surface area (Å²) in [5, 5.41) is 3.60. The van der Waals surface area contributed by atoms with E-state index in [1.165, 1.54) is 16.0 Å². The van der Waals surface area contributed by atoms with Gasteiger partial charge in [0.25, 0.3) is 0 Å². The van der Waals surface area contributed by atoms with Gasteiger partial charge in [-0.25, -0.2) is 0 Å². The van der Waals surface area contributed by atoms with Crippen LogP contribution in [0.2, 0.25) is 4.34 Å². The van der Waals surface area contributed by atoms with E-state index in [-0.39, 0.29) is 0 Å². The fourth-order valence-electron chi connectivity index (χ4n) is 2.15. The summed E-state index contributed by atoms with van der Waals surface area (Å²) >= 11 is 7.60. The lowest BCUT2D eigenvalue weighted by atomic mass is 10.0. The molecule has 102 valence electrons. The van der Waals surface area contributed by atoms with Crippen molar-refractivity contribution < 1.29 is 0 Å². The SMILES string of the molecule is CCc1ccc(C(CC)NCc2ccc(Cl)s2)cc1. The van der Waals surface area contributed by atoms with Crippen LogP contribution in [0.15, 0.2) is 36.4 Å². The Morgan fingerprint density at radius 2 is 1.84 bits per heavy atom. The molecule has 1 N–H and O–H groups in total. The van der Waals surface area contributed by atoms with Crippen LogP contribution in [0.4, 0.5) is 0 Å². The molecule has 1 unspecified atom stereocenters. The van der Waals surface area contributed by atoms with E-state index in [4.69, 9.17) is 11.6 Å². The van der Waals surface area contributed by atoms with Gasteiger partial charge in [-0.2, -0.15) is 0 Å². The van der Waals surface area contributed by atoms with E-state index in [1.54, 1.807) is 11.3 Å². The van der Waals surface area contributed by atoms with Crippen LogP contribution in [-0.4, -0.2) is 0 Å². The van der Waals surface area contributed by atoms with Crippen molar-refractivity contribution in [3.8, 4) is 0 Å². The maximum Gasteiger partial charge on any atom is 0.0931 e. The minimum absolute atomic E-state index is 0.409. The van der Waals surface area contributed by atoms with Gasteiger partial charge in [-0.05, 0) is 36.1 Å². The highest BCUT2D eigenvalue weighted by Crippen LogP contribution is 2.23. The van der Waals surface area contributed by atoms with Gasteiger partial charge in [-0.3, -0.25) is 0 Å². The van der Waals surface area contributed by atoms with E-state index < -0.39 is 0 Å². The number of halogens is 1. The van der Waals surface area contributed by atoms with E-state index in [2.05, 4.69) is 49.5 Å². The zero-order valence-electron chi connectivity index (χ0n) is 11.4. The van der Waals surface area contributed by atoms with Crippen LogP contribution in [0, 0.1) is 0 Å². The van der Waals surface area contributed by atoms with Crippen molar-refractivity contribution in [3.63, 3.8) is 0 Å². The van der Waals surface area contributed by atoms with E-state index in [0.717, 1.165) is 23.7 Å². The van der Waals surface area contributed by atoms with Gasteiger partial charge in [0, 0.05) is 17.5 Å². The monoisotopic (exact) mass is 293 g/mol. The molecule has 2 aromatic rings. The summed E-state index contributed by atoms with van der Waals surface area (Å²) in [4.78, 5) is 1.29. The second-order valence-electron chi connectivity index (χ2n) is 4.64. The number of nitrogens with one attached hydrogen (secondary N) is 1. The fourth-order valence-corrected chi connectivity index (χ4v) is 3.19. The Morgan fingerprint density at radius 1 is 1.11 bits per heavy atom. The third kappa shape index (κ3) is 4.07. The molecule has 0 bridgehead atoms. The van der Waals surface area contributed by atoms with Crippen molar-refractivity contribution in [1.29, 1.82) is 0 Å². The molecule has 0 radical (unpaired) electrons. The molecule has 1 nitrogen and oxygen atoms in total. The van der Waals surface area contributed by atoms with Crippen LogP contribution in [0.1, 0.15) is 42.3 Å². The zero-order chi connectivity index (χ0) is 13.7. The highest BCUT2D eigenvalue weighted by molar-refractivity contribution is 7.16. The first kappa shape index (κ1) is 14.6. The third-order valence-corrected chi connectivity index (χ3v) is 4.58. The van der Waals surface area contributed by atoms with Gasteiger partial charge in [-0.1, -0.05) is 49.7 Å². The lowest BCUT2D eigenvalue weighted by molar-refractivity contribution is 0.522. The van der Waals surface area contributed by atoms with Gasteiger partial charge >= 0.3 is 0 Å². The number of hydrogen-bond acceptors (Lipinski definition) is 2. The molecule has 0 aliphatic heterocycles. The van der Waals surface area contributed by atoms with Crippen LogP contribution >= 0.6 is 22.9 Å². The quantitative estimate of drug-likeness (QED) is 0.771. The van der Waals surface area contributed by atoms with Crippen molar-refractivity contribution in [2.75, 3.05) is 0 Å². The highest BCUT2D eigenvalue weighted by Gasteiger charge is 2.09. The van der Waals surface area contributed by atoms with Crippen molar-refractivity contribution in [2.24, 2.45) is 0 Å². The van der Waals surface area contributed by atoms with Crippen LogP contribution in [0.5, 0.6) is 0 Å². The zero-order valence-corrected chi connectivity index (χ0v) is 13.0. The van der Waals surface area contributed by atoms with Crippen molar-refractivity contribution in [1.82, 2.24) is 5.32 Å². The number of rotatable bonds is 6. The lowest BCUT2D eigenvalue weighted by Gasteiger charge is -2.17. The van der Waals surface area contributed by atoms with Crippen molar-refractivity contribution in [3.05, 3.63) is 56.7 Å². The number of benzene rings is 1. The van der Waals surface area contributed by atoms with E-state index in [0.29, 0.717) is 6.04 Å². The number of hydrogen-bond donors (Lipinski definition) is 1. The predicted octanol–water partition coefficient (Wildman–Crippen LogP) is 5.20. The maximum absolute atomic E-state index is 5.95. The molecule has 1 aromatic heterocycles. The Morgan fingerprint density at radius 3 is 2.37 bits per heavy atom. The molecule has 0 amide bonds. The molecule has 2 rings (SSSR count). The molecule has 1 heterocycles. The molecule has 0 saturated carbocycles. The lowest BCUT2D eigenvalue weighted by Crippen LogP contribution is -2.19. The summed E-state index contributed by atoms with van der Waals surface area (Å²) in [6.07, 6.45) is 2.18. The fraction of sp³-hybridized carbons (Fsp3) is 0.375. The first-order valence-electron chi connectivity index (χ1n) is 6.79. The van der Waals surface area contributed by atoms with Crippen molar-refractivity contribution >= 4 is 22.9 Å². The Hall–Kier alpha value is -0.830. The molecule has 0 spiro atoms. The first-order chi connectivity index (χ1) is 9.22. The average molecular weight is 294 g/mol. The molecule has 0 aliphatic carbocycles. The topological polar surface area (TPSA) is 12.0 Å². The summed E-state index contributed by atoms with van der Waals surface area (Å²) < 4.78 is 0.858. The highest BCUT2D eigenvalue weighted by atomic mass is 35.5. The Kier molecular flexibility index (Phi) is 5.44. The number of aryl methyl sites for hydroxylation is 1. The van der Waals surface area contributed by atoms with Gasteiger partial charge < -0.3 is 5.32 Å². The maximum atomic E-state index is 5.95. The minimum Gasteiger partial charge on any atom is -0.305 e. The van der Waals surface area contributed by atoms with Gasteiger partial charge in [0.15, 0.2) is 0 Å². The summed E-state index contributed by atoms with van der Waals surface area (Å²) in [7, 11) is 0. The summed E-state index contributed by atoms with van der Waals surface area (Å²) in [5.41, 5.74) is 2.76. The Balaban J connectivity index is 1.98. The summed E-state index contributed by atoms with van der Waals surface area (Å²) in [5.74, 6) is 0. The van der Waals surface area contributed by atoms with E-state index in [9.17, 15) is 0 Å². The first-order valence-corrected chi connectivity index (χ1v) is 7.98.